The number of hydrogen-bond acceptors (Lipinski definition) is 4. The number of carbonyl (C=O) groups is 2. The summed E-state index contributed by atoms with van der Waals surface area (Å²) < 4.78 is 5.37. The van der Waals surface area contributed by atoms with Crippen LogP contribution in [0.1, 0.15) is 66.2 Å². The van der Waals surface area contributed by atoms with Crippen molar-refractivity contribution in [2.75, 3.05) is 0 Å². The molecule has 2 rings (SSSR count). The lowest BCUT2D eigenvalue weighted by atomic mass is 9.88. The monoisotopic (exact) mass is 325 g/mol. The van der Waals surface area contributed by atoms with E-state index in [-0.39, 0.29) is 18.0 Å². The Labute approximate surface area is 139 Å². The predicted molar refractivity (Wildman–Crippen MR) is 88.9 cm³/mol. The SMILES string of the molecule is C[C@H](N)C(=O)N(C1CC1)[C@H]1CCCC[C@H]1NC(=O)OC(C)(C)C. The molecule has 0 aromatic heterocycles. The van der Waals surface area contributed by atoms with Crippen molar-refractivity contribution < 1.29 is 14.3 Å². The largest absolute Gasteiger partial charge is 0.444 e. The maximum Gasteiger partial charge on any atom is 0.407 e. The molecular weight excluding hydrogens is 294 g/mol. The number of carbonyl (C=O) groups excluding carboxylic acids is 2. The van der Waals surface area contributed by atoms with Gasteiger partial charge in [0.2, 0.25) is 5.91 Å². The Morgan fingerprint density at radius 1 is 1.17 bits per heavy atom. The number of amides is 2. The minimum absolute atomic E-state index is 0.00427. The van der Waals surface area contributed by atoms with Crippen LogP contribution in [0.2, 0.25) is 0 Å². The van der Waals surface area contributed by atoms with Gasteiger partial charge in [-0.1, -0.05) is 12.8 Å². The number of hydrogen-bond donors (Lipinski definition) is 2. The molecule has 0 saturated heterocycles. The summed E-state index contributed by atoms with van der Waals surface area (Å²) in [6, 6.07) is -0.233. The van der Waals surface area contributed by atoms with Gasteiger partial charge in [-0.2, -0.15) is 0 Å². The first-order valence-electron chi connectivity index (χ1n) is 8.76. The lowest BCUT2D eigenvalue weighted by molar-refractivity contribution is -0.136. The van der Waals surface area contributed by atoms with Crippen molar-refractivity contribution in [3.05, 3.63) is 0 Å². The summed E-state index contributed by atoms with van der Waals surface area (Å²) in [7, 11) is 0. The molecule has 0 spiro atoms. The van der Waals surface area contributed by atoms with E-state index in [1.807, 2.05) is 25.7 Å². The summed E-state index contributed by atoms with van der Waals surface area (Å²) >= 11 is 0. The first kappa shape index (κ1) is 18.0. The van der Waals surface area contributed by atoms with Crippen LogP contribution in [0.15, 0.2) is 0 Å². The van der Waals surface area contributed by atoms with Crippen molar-refractivity contribution in [2.45, 2.75) is 96.0 Å². The molecule has 132 valence electrons. The van der Waals surface area contributed by atoms with E-state index in [1.165, 1.54) is 0 Å². The van der Waals surface area contributed by atoms with Crippen molar-refractivity contribution >= 4 is 12.0 Å². The van der Waals surface area contributed by atoms with Crippen LogP contribution in [0, 0.1) is 0 Å². The Kier molecular flexibility index (Phi) is 5.55. The van der Waals surface area contributed by atoms with Gasteiger partial charge in [-0.25, -0.2) is 4.79 Å². The van der Waals surface area contributed by atoms with Gasteiger partial charge >= 0.3 is 6.09 Å². The Balaban J connectivity index is 2.07. The van der Waals surface area contributed by atoms with Gasteiger partial charge in [0, 0.05) is 6.04 Å². The number of alkyl carbamates (subject to hydrolysis) is 1. The molecule has 2 aliphatic carbocycles. The molecule has 0 aliphatic heterocycles. The van der Waals surface area contributed by atoms with Gasteiger partial charge in [-0.15, -0.1) is 0 Å². The van der Waals surface area contributed by atoms with E-state index in [1.54, 1.807) is 6.92 Å². The van der Waals surface area contributed by atoms with Gasteiger partial charge in [0.05, 0.1) is 18.1 Å². The van der Waals surface area contributed by atoms with Crippen molar-refractivity contribution in [3.63, 3.8) is 0 Å². The van der Waals surface area contributed by atoms with Crippen molar-refractivity contribution in [1.29, 1.82) is 0 Å². The van der Waals surface area contributed by atoms with Crippen LogP contribution >= 0.6 is 0 Å². The normalized spacial score (nSPS) is 26.3. The van der Waals surface area contributed by atoms with Crippen LogP contribution in [0.5, 0.6) is 0 Å². The molecule has 2 aliphatic rings. The minimum Gasteiger partial charge on any atom is -0.444 e. The molecule has 3 atom stereocenters. The molecule has 0 unspecified atom stereocenters. The fraction of sp³-hybridized carbons (Fsp3) is 0.882. The molecule has 0 bridgehead atoms. The van der Waals surface area contributed by atoms with Gasteiger partial charge in [-0.3, -0.25) is 4.79 Å². The van der Waals surface area contributed by atoms with Crippen molar-refractivity contribution in [2.24, 2.45) is 5.73 Å². The van der Waals surface area contributed by atoms with E-state index in [2.05, 4.69) is 5.32 Å². The van der Waals surface area contributed by atoms with Crippen LogP contribution in [0.4, 0.5) is 4.79 Å². The van der Waals surface area contributed by atoms with Crippen LogP contribution in [0.25, 0.3) is 0 Å². The Hall–Kier alpha value is -1.30. The van der Waals surface area contributed by atoms with Crippen LogP contribution in [0.3, 0.4) is 0 Å². The van der Waals surface area contributed by atoms with E-state index in [9.17, 15) is 9.59 Å². The number of nitrogens with zero attached hydrogens (tertiary/aromatic N) is 1. The molecule has 3 N–H and O–H groups in total. The van der Waals surface area contributed by atoms with E-state index >= 15 is 0 Å². The van der Waals surface area contributed by atoms with Crippen molar-refractivity contribution in [3.8, 4) is 0 Å². The van der Waals surface area contributed by atoms with Gasteiger partial charge in [0.25, 0.3) is 0 Å². The third kappa shape index (κ3) is 5.09. The number of nitrogens with two attached hydrogens (primary N) is 1. The first-order valence-corrected chi connectivity index (χ1v) is 8.76. The Morgan fingerprint density at radius 3 is 2.30 bits per heavy atom. The second kappa shape index (κ2) is 7.07. The highest BCUT2D eigenvalue weighted by atomic mass is 16.6. The average Bonchev–Trinajstić information content (AvgIpc) is 3.23. The molecule has 2 saturated carbocycles. The molecule has 0 aromatic carbocycles. The van der Waals surface area contributed by atoms with E-state index < -0.39 is 17.7 Å². The van der Waals surface area contributed by atoms with Gasteiger partial charge < -0.3 is 20.7 Å². The first-order chi connectivity index (χ1) is 10.7. The van der Waals surface area contributed by atoms with Crippen LogP contribution in [-0.4, -0.2) is 46.7 Å². The quantitative estimate of drug-likeness (QED) is 0.829. The highest BCUT2D eigenvalue weighted by Crippen LogP contribution is 2.34. The van der Waals surface area contributed by atoms with Crippen LogP contribution in [-0.2, 0) is 9.53 Å². The maximum atomic E-state index is 12.5. The standard InChI is InChI=1S/C17H31N3O3/c1-11(18)15(21)20(12-9-10-12)14-8-6-5-7-13(14)19-16(22)23-17(2,3)4/h11-14H,5-10,18H2,1-4H3,(H,19,22)/t11-,13+,14-/m0/s1. The lowest BCUT2D eigenvalue weighted by Crippen LogP contribution is -2.58. The zero-order valence-corrected chi connectivity index (χ0v) is 14.8. The summed E-state index contributed by atoms with van der Waals surface area (Å²) in [5.41, 5.74) is 5.31. The Bertz CT molecular complexity index is 441. The summed E-state index contributed by atoms with van der Waals surface area (Å²) in [6.07, 6.45) is 5.59. The van der Waals surface area contributed by atoms with Crippen molar-refractivity contribution in [1.82, 2.24) is 10.2 Å². The molecule has 0 heterocycles. The van der Waals surface area contributed by atoms with E-state index in [4.69, 9.17) is 10.5 Å². The number of ether oxygens (including phenoxy) is 1. The smallest absolute Gasteiger partial charge is 0.407 e. The van der Waals surface area contributed by atoms with Gasteiger partial charge in [-0.05, 0) is 53.4 Å². The third-order valence-corrected chi connectivity index (χ3v) is 4.37. The second-order valence-corrected chi connectivity index (χ2v) is 7.87. The highest BCUT2D eigenvalue weighted by Gasteiger charge is 2.42. The highest BCUT2D eigenvalue weighted by molar-refractivity contribution is 5.82. The minimum atomic E-state index is -0.522. The topological polar surface area (TPSA) is 84.7 Å². The second-order valence-electron chi connectivity index (χ2n) is 7.87. The zero-order valence-electron chi connectivity index (χ0n) is 14.8. The molecule has 2 fully saturated rings. The summed E-state index contributed by atoms with van der Waals surface area (Å²) in [6.45, 7) is 7.28. The third-order valence-electron chi connectivity index (χ3n) is 4.37. The molecule has 23 heavy (non-hydrogen) atoms. The summed E-state index contributed by atoms with van der Waals surface area (Å²) in [5, 5.41) is 2.99. The molecule has 6 heteroatoms. The predicted octanol–water partition coefficient (Wildman–Crippen LogP) is 2.16. The number of nitrogens with one attached hydrogen (secondary N) is 1. The van der Waals surface area contributed by atoms with Gasteiger partial charge in [0.15, 0.2) is 0 Å². The fourth-order valence-corrected chi connectivity index (χ4v) is 3.27. The lowest BCUT2D eigenvalue weighted by Gasteiger charge is -2.41. The molecule has 0 aromatic rings. The molecule has 2 amide bonds. The summed E-state index contributed by atoms with van der Waals surface area (Å²) in [5.74, 6) is -0.00427. The number of rotatable bonds is 4. The zero-order chi connectivity index (χ0) is 17.2. The van der Waals surface area contributed by atoms with E-state index in [0.29, 0.717) is 6.04 Å². The average molecular weight is 325 g/mol. The summed E-state index contributed by atoms with van der Waals surface area (Å²) in [4.78, 5) is 26.6. The molecule has 0 radical (unpaired) electrons. The maximum absolute atomic E-state index is 12.5. The fourth-order valence-electron chi connectivity index (χ4n) is 3.27. The van der Waals surface area contributed by atoms with Crippen LogP contribution < -0.4 is 11.1 Å². The van der Waals surface area contributed by atoms with E-state index in [0.717, 1.165) is 38.5 Å². The molecule has 6 nitrogen and oxygen atoms in total. The Morgan fingerprint density at radius 2 is 1.78 bits per heavy atom. The van der Waals surface area contributed by atoms with Gasteiger partial charge in [0.1, 0.15) is 5.60 Å². The molecular formula is C17H31N3O3.